The smallest absolute Gasteiger partial charge is 0.338 e. The molecule has 0 aromatic heterocycles. The third kappa shape index (κ3) is 10.7. The predicted molar refractivity (Wildman–Crippen MR) is 145 cm³/mol. The molecule has 0 aliphatic carbocycles. The monoisotopic (exact) mass is 561 g/mol. The maximum Gasteiger partial charge on any atom is 0.338 e. The Morgan fingerprint density at radius 2 is 1.07 bits per heavy atom. The number of esters is 2. The number of nitrogens with zero attached hydrogens (tertiary/aromatic N) is 1. The summed E-state index contributed by atoms with van der Waals surface area (Å²) in [5, 5.41) is 0. The average molecular weight is 562 g/mol. The average Bonchev–Trinajstić information content (AvgIpc) is 2.98. The molecule has 2 aromatic carbocycles. The summed E-state index contributed by atoms with van der Waals surface area (Å²) in [5.74, 6) is -0.872. The summed E-state index contributed by atoms with van der Waals surface area (Å²) < 4.78 is 44.2. The van der Waals surface area contributed by atoms with Gasteiger partial charge in [0, 0.05) is 19.6 Å². The molecule has 0 atom stereocenters. The van der Waals surface area contributed by atoms with Crippen LogP contribution in [0.5, 0.6) is 11.5 Å². The molecule has 1 aliphatic heterocycles. The fourth-order valence-corrected chi connectivity index (χ4v) is 3.91. The summed E-state index contributed by atoms with van der Waals surface area (Å²) in [7, 11) is 2.46. The molecule has 220 valence electrons. The number of methoxy groups -OCH3 is 2. The van der Waals surface area contributed by atoms with Crippen LogP contribution >= 0.6 is 0 Å². The molecule has 40 heavy (non-hydrogen) atoms. The van der Waals surface area contributed by atoms with E-state index < -0.39 is 11.9 Å². The van der Waals surface area contributed by atoms with Gasteiger partial charge in [-0.1, -0.05) is 30.3 Å². The molecule has 3 rings (SSSR count). The van der Waals surface area contributed by atoms with Crippen molar-refractivity contribution in [1.82, 2.24) is 4.90 Å². The van der Waals surface area contributed by atoms with Crippen molar-refractivity contribution in [3.05, 3.63) is 59.2 Å². The Hall–Kier alpha value is -3.22. The van der Waals surface area contributed by atoms with Gasteiger partial charge in [0.2, 0.25) is 0 Å². The number of carbonyl (C=O) groups is 2. The number of hydrogen-bond donors (Lipinski definition) is 0. The van der Waals surface area contributed by atoms with E-state index in [1.807, 2.05) is 18.2 Å². The maximum absolute atomic E-state index is 12.3. The van der Waals surface area contributed by atoms with E-state index in [9.17, 15) is 9.59 Å². The Morgan fingerprint density at radius 3 is 1.52 bits per heavy atom. The van der Waals surface area contributed by atoms with Gasteiger partial charge in [0.1, 0.15) is 13.2 Å². The highest BCUT2D eigenvalue weighted by Crippen LogP contribution is 2.32. The minimum Gasteiger partial charge on any atom is -0.487 e. The van der Waals surface area contributed by atoms with Crippen molar-refractivity contribution in [3.63, 3.8) is 0 Å². The SMILES string of the molecule is COC(=O)c1cc2c(cc1C(=O)OC)OCCOCCOCCN(Cc1ccccc1)CCOCCOCCO2. The van der Waals surface area contributed by atoms with Crippen molar-refractivity contribution in [2.75, 3.05) is 93.4 Å². The van der Waals surface area contributed by atoms with Crippen molar-refractivity contribution in [3.8, 4) is 11.5 Å². The fraction of sp³-hybridized carbons (Fsp3) is 0.517. The van der Waals surface area contributed by atoms with Gasteiger partial charge in [-0.25, -0.2) is 9.59 Å². The molecule has 0 amide bonds. The molecule has 0 spiro atoms. The second kappa shape index (κ2) is 18.2. The zero-order chi connectivity index (χ0) is 28.4. The van der Waals surface area contributed by atoms with Crippen LogP contribution in [0.4, 0.5) is 0 Å². The largest absolute Gasteiger partial charge is 0.487 e. The molecule has 0 unspecified atom stereocenters. The number of rotatable bonds is 4. The lowest BCUT2D eigenvalue weighted by atomic mass is 10.1. The highest BCUT2D eigenvalue weighted by molar-refractivity contribution is 6.04. The Labute approximate surface area is 235 Å². The fourth-order valence-electron chi connectivity index (χ4n) is 3.91. The number of fused-ring (bicyclic) bond motifs is 1. The first-order valence-electron chi connectivity index (χ1n) is 13.3. The van der Waals surface area contributed by atoms with Crippen LogP contribution in [-0.4, -0.2) is 110 Å². The topological polar surface area (TPSA) is 111 Å². The van der Waals surface area contributed by atoms with Crippen LogP contribution in [0.3, 0.4) is 0 Å². The molecule has 11 nitrogen and oxygen atoms in total. The molecule has 1 aliphatic rings. The lowest BCUT2D eigenvalue weighted by Crippen LogP contribution is -2.31. The summed E-state index contributed by atoms with van der Waals surface area (Å²) in [6.07, 6.45) is 0. The zero-order valence-corrected chi connectivity index (χ0v) is 23.3. The summed E-state index contributed by atoms with van der Waals surface area (Å²) >= 11 is 0. The normalized spacial score (nSPS) is 17.2. The molecular weight excluding hydrogens is 522 g/mol. The lowest BCUT2D eigenvalue weighted by Gasteiger charge is -2.22. The minimum absolute atomic E-state index is 0.00578. The van der Waals surface area contributed by atoms with E-state index >= 15 is 0 Å². The molecule has 0 bridgehead atoms. The van der Waals surface area contributed by atoms with Crippen LogP contribution in [0, 0.1) is 0 Å². The Bertz CT molecular complexity index is 972. The van der Waals surface area contributed by atoms with E-state index in [-0.39, 0.29) is 49.1 Å². The summed E-state index contributed by atoms with van der Waals surface area (Å²) in [6, 6.07) is 13.1. The summed E-state index contributed by atoms with van der Waals surface area (Å²) in [4.78, 5) is 26.9. The zero-order valence-electron chi connectivity index (χ0n) is 23.3. The van der Waals surface area contributed by atoms with Gasteiger partial charge in [-0.3, -0.25) is 4.90 Å². The lowest BCUT2D eigenvalue weighted by molar-refractivity contribution is 0.0172. The highest BCUT2D eigenvalue weighted by atomic mass is 16.6. The van der Waals surface area contributed by atoms with Crippen molar-refractivity contribution < 1.29 is 47.5 Å². The standard InChI is InChI=1S/C29H39NO10/c1-33-28(31)24-20-26-27(21-25(24)29(32)34-2)40-19-17-38-15-13-36-11-9-30(22-23-6-4-3-5-7-23)8-10-35-12-14-37-16-18-39-26/h3-7,20-21H,8-19,22H2,1-2H3. The van der Waals surface area contributed by atoms with Crippen LogP contribution in [0.25, 0.3) is 0 Å². The van der Waals surface area contributed by atoms with E-state index in [1.54, 1.807) is 0 Å². The van der Waals surface area contributed by atoms with Gasteiger partial charge < -0.3 is 37.9 Å². The summed E-state index contributed by atoms with van der Waals surface area (Å²) in [5.41, 5.74) is 1.25. The number of benzene rings is 2. The molecule has 1 heterocycles. The van der Waals surface area contributed by atoms with Crippen LogP contribution in [0.15, 0.2) is 42.5 Å². The number of hydrogen-bond acceptors (Lipinski definition) is 11. The molecular formula is C29H39NO10. The molecule has 0 saturated carbocycles. The first-order chi connectivity index (χ1) is 19.6. The van der Waals surface area contributed by atoms with Gasteiger partial charge in [-0.2, -0.15) is 0 Å². The highest BCUT2D eigenvalue weighted by Gasteiger charge is 2.23. The Kier molecular flexibility index (Phi) is 14.2. The van der Waals surface area contributed by atoms with E-state index in [0.29, 0.717) is 39.6 Å². The van der Waals surface area contributed by atoms with E-state index in [2.05, 4.69) is 17.0 Å². The molecule has 0 fully saturated rings. The van der Waals surface area contributed by atoms with Gasteiger partial charge in [0.25, 0.3) is 0 Å². The van der Waals surface area contributed by atoms with Gasteiger partial charge in [-0.15, -0.1) is 0 Å². The maximum atomic E-state index is 12.3. The van der Waals surface area contributed by atoms with Crippen LogP contribution in [-0.2, 0) is 35.0 Å². The first-order valence-corrected chi connectivity index (χ1v) is 13.3. The van der Waals surface area contributed by atoms with E-state index in [0.717, 1.165) is 19.6 Å². The predicted octanol–water partition coefficient (Wildman–Crippen LogP) is 2.60. The van der Waals surface area contributed by atoms with E-state index in [1.165, 1.54) is 31.9 Å². The molecule has 11 heteroatoms. The molecule has 0 radical (unpaired) electrons. The van der Waals surface area contributed by atoms with Crippen molar-refractivity contribution in [2.24, 2.45) is 0 Å². The minimum atomic E-state index is -0.701. The van der Waals surface area contributed by atoms with Gasteiger partial charge in [-0.05, 0) is 17.7 Å². The Morgan fingerprint density at radius 1 is 0.650 bits per heavy atom. The molecule has 2 aromatic rings. The number of ether oxygens (including phenoxy) is 8. The van der Waals surface area contributed by atoms with Gasteiger partial charge in [0.15, 0.2) is 11.5 Å². The summed E-state index contributed by atoms with van der Waals surface area (Å²) in [6.45, 7) is 6.13. The first kappa shape index (κ1) is 31.3. The second-order valence-corrected chi connectivity index (χ2v) is 8.74. The van der Waals surface area contributed by atoms with Crippen molar-refractivity contribution in [1.29, 1.82) is 0 Å². The second-order valence-electron chi connectivity index (χ2n) is 8.74. The number of carbonyl (C=O) groups excluding carboxylic acids is 2. The van der Waals surface area contributed by atoms with E-state index in [4.69, 9.17) is 37.9 Å². The van der Waals surface area contributed by atoms with Crippen LogP contribution in [0.2, 0.25) is 0 Å². The van der Waals surface area contributed by atoms with Crippen LogP contribution in [0.1, 0.15) is 26.3 Å². The van der Waals surface area contributed by atoms with Crippen molar-refractivity contribution >= 4 is 11.9 Å². The van der Waals surface area contributed by atoms with Gasteiger partial charge >= 0.3 is 11.9 Å². The quantitative estimate of drug-likeness (QED) is 0.514. The Balaban J connectivity index is 1.61. The van der Waals surface area contributed by atoms with Gasteiger partial charge in [0.05, 0.1) is 78.2 Å². The third-order valence-electron chi connectivity index (χ3n) is 5.96. The molecule has 0 saturated heterocycles. The van der Waals surface area contributed by atoms with Crippen molar-refractivity contribution in [2.45, 2.75) is 6.54 Å². The third-order valence-corrected chi connectivity index (χ3v) is 5.96. The van der Waals surface area contributed by atoms with Crippen LogP contribution < -0.4 is 9.47 Å². The molecule has 0 N–H and O–H groups in total.